The number of hydrogen-bond acceptors (Lipinski definition) is 2. The van der Waals surface area contributed by atoms with Crippen LogP contribution in [0.3, 0.4) is 0 Å². The molecule has 0 aliphatic heterocycles. The Morgan fingerprint density at radius 2 is 1.33 bits per heavy atom. The van der Waals surface area contributed by atoms with Gasteiger partial charge in [0.1, 0.15) is 5.75 Å². The van der Waals surface area contributed by atoms with Crippen LogP contribution in [0.25, 0.3) is 0 Å². The first-order valence-electron chi connectivity index (χ1n) is 13.5. The van der Waals surface area contributed by atoms with Crippen molar-refractivity contribution in [2.75, 3.05) is 4.90 Å². The highest BCUT2D eigenvalue weighted by Gasteiger charge is 2.26. The third-order valence-corrected chi connectivity index (χ3v) is 7.07. The SMILES string of the molecule is CC(C)CC(C)N(Cc1cc(C(C)(C)C)cc(C(C)(C)C)c1O)c1ccc(Cc2ccccc2)cc1. The maximum atomic E-state index is 11.5. The third kappa shape index (κ3) is 7.15. The molecule has 0 heterocycles. The van der Waals surface area contributed by atoms with Gasteiger partial charge in [0.25, 0.3) is 0 Å². The van der Waals surface area contributed by atoms with Crippen molar-refractivity contribution < 1.29 is 5.11 Å². The van der Waals surface area contributed by atoms with E-state index in [1.807, 2.05) is 0 Å². The third-order valence-electron chi connectivity index (χ3n) is 7.07. The number of benzene rings is 3. The Balaban J connectivity index is 2.00. The van der Waals surface area contributed by atoms with E-state index in [-0.39, 0.29) is 10.8 Å². The van der Waals surface area contributed by atoms with Gasteiger partial charge in [-0.25, -0.2) is 0 Å². The van der Waals surface area contributed by atoms with E-state index in [2.05, 4.69) is 134 Å². The van der Waals surface area contributed by atoms with Crippen molar-refractivity contribution in [3.8, 4) is 5.75 Å². The molecular formula is C34H47NO. The molecule has 36 heavy (non-hydrogen) atoms. The second-order valence-corrected chi connectivity index (χ2v) is 13.0. The van der Waals surface area contributed by atoms with Crippen LogP contribution in [0.15, 0.2) is 66.7 Å². The lowest BCUT2D eigenvalue weighted by atomic mass is 9.79. The first-order chi connectivity index (χ1) is 16.8. The Morgan fingerprint density at radius 1 is 0.750 bits per heavy atom. The molecule has 0 spiro atoms. The molecule has 3 rings (SSSR count). The minimum atomic E-state index is -0.131. The van der Waals surface area contributed by atoms with E-state index in [4.69, 9.17) is 0 Å². The Morgan fingerprint density at radius 3 is 1.86 bits per heavy atom. The summed E-state index contributed by atoms with van der Waals surface area (Å²) in [6.07, 6.45) is 2.03. The van der Waals surface area contributed by atoms with Gasteiger partial charge in [0.2, 0.25) is 0 Å². The van der Waals surface area contributed by atoms with Gasteiger partial charge in [0.05, 0.1) is 0 Å². The maximum Gasteiger partial charge on any atom is 0.124 e. The van der Waals surface area contributed by atoms with E-state index < -0.39 is 0 Å². The first kappa shape index (κ1) is 27.8. The second kappa shape index (κ2) is 11.1. The average Bonchev–Trinajstić information content (AvgIpc) is 2.77. The lowest BCUT2D eigenvalue weighted by Gasteiger charge is -2.34. The van der Waals surface area contributed by atoms with Gasteiger partial charge in [0.15, 0.2) is 0 Å². The smallest absolute Gasteiger partial charge is 0.124 e. The summed E-state index contributed by atoms with van der Waals surface area (Å²) in [5, 5.41) is 11.5. The molecule has 0 fully saturated rings. The van der Waals surface area contributed by atoms with Crippen LogP contribution in [0.1, 0.15) is 96.6 Å². The summed E-state index contributed by atoms with van der Waals surface area (Å²) >= 11 is 0. The molecule has 1 unspecified atom stereocenters. The molecule has 3 aromatic carbocycles. The summed E-state index contributed by atoms with van der Waals surface area (Å²) in [7, 11) is 0. The van der Waals surface area contributed by atoms with Crippen molar-refractivity contribution in [1.82, 2.24) is 0 Å². The van der Waals surface area contributed by atoms with E-state index in [0.717, 1.165) is 24.0 Å². The Labute approximate surface area is 220 Å². The molecule has 2 heteroatoms. The van der Waals surface area contributed by atoms with Crippen LogP contribution in [0.4, 0.5) is 5.69 Å². The summed E-state index contributed by atoms with van der Waals surface area (Å²) in [6.45, 7) is 20.9. The number of anilines is 1. The molecular weight excluding hydrogens is 438 g/mol. The van der Waals surface area contributed by atoms with E-state index in [9.17, 15) is 5.11 Å². The molecule has 0 saturated carbocycles. The molecule has 0 radical (unpaired) electrons. The molecule has 0 aromatic heterocycles. The molecule has 2 nitrogen and oxygen atoms in total. The van der Waals surface area contributed by atoms with Crippen LogP contribution in [-0.4, -0.2) is 11.1 Å². The number of phenolic OH excluding ortho intramolecular Hbond substituents is 1. The topological polar surface area (TPSA) is 23.5 Å². The van der Waals surface area contributed by atoms with Crippen molar-refractivity contribution in [3.63, 3.8) is 0 Å². The highest BCUT2D eigenvalue weighted by Crippen LogP contribution is 2.39. The summed E-state index contributed by atoms with van der Waals surface area (Å²) in [4.78, 5) is 2.47. The number of rotatable bonds is 8. The molecule has 0 aliphatic rings. The van der Waals surface area contributed by atoms with Crippen molar-refractivity contribution >= 4 is 5.69 Å². The van der Waals surface area contributed by atoms with Crippen molar-refractivity contribution in [2.24, 2.45) is 5.92 Å². The molecule has 1 atom stereocenters. The Hall–Kier alpha value is -2.74. The van der Waals surface area contributed by atoms with Gasteiger partial charge in [-0.3, -0.25) is 0 Å². The van der Waals surface area contributed by atoms with E-state index in [1.165, 1.54) is 22.4 Å². The molecule has 0 saturated heterocycles. The molecule has 194 valence electrons. The zero-order chi connectivity index (χ0) is 26.7. The first-order valence-corrected chi connectivity index (χ1v) is 13.5. The molecule has 0 amide bonds. The summed E-state index contributed by atoms with van der Waals surface area (Å²) in [5.41, 5.74) is 7.04. The van der Waals surface area contributed by atoms with Crippen LogP contribution < -0.4 is 4.90 Å². The highest BCUT2D eigenvalue weighted by molar-refractivity contribution is 5.54. The fourth-order valence-corrected chi connectivity index (χ4v) is 4.95. The van der Waals surface area contributed by atoms with Gasteiger partial charge in [-0.2, -0.15) is 0 Å². The van der Waals surface area contributed by atoms with Gasteiger partial charge in [0, 0.05) is 23.8 Å². The summed E-state index contributed by atoms with van der Waals surface area (Å²) in [6, 6.07) is 24.4. The lowest BCUT2D eigenvalue weighted by molar-refractivity contribution is 0.432. The van der Waals surface area contributed by atoms with E-state index in [0.29, 0.717) is 24.3 Å². The van der Waals surface area contributed by atoms with E-state index in [1.54, 1.807) is 0 Å². The quantitative estimate of drug-likeness (QED) is 0.344. The van der Waals surface area contributed by atoms with Crippen LogP contribution in [0, 0.1) is 5.92 Å². The Bertz CT molecular complexity index is 1110. The van der Waals surface area contributed by atoms with Gasteiger partial charge in [-0.1, -0.05) is 104 Å². The van der Waals surface area contributed by atoms with Crippen LogP contribution >= 0.6 is 0 Å². The number of nitrogens with zero attached hydrogens (tertiary/aromatic N) is 1. The van der Waals surface area contributed by atoms with Crippen molar-refractivity contribution in [1.29, 1.82) is 0 Å². The van der Waals surface area contributed by atoms with E-state index >= 15 is 0 Å². The summed E-state index contributed by atoms with van der Waals surface area (Å²) < 4.78 is 0. The Kier molecular flexibility index (Phi) is 8.59. The zero-order valence-electron chi connectivity index (χ0n) is 24.0. The normalized spacial score (nSPS) is 13.2. The molecule has 3 aromatic rings. The van der Waals surface area contributed by atoms with Crippen LogP contribution in [0.5, 0.6) is 5.75 Å². The minimum absolute atomic E-state index is 0.00984. The number of aromatic hydroxyl groups is 1. The van der Waals surface area contributed by atoms with Crippen LogP contribution in [0.2, 0.25) is 0 Å². The van der Waals surface area contributed by atoms with Gasteiger partial charge < -0.3 is 10.0 Å². The minimum Gasteiger partial charge on any atom is -0.507 e. The fourth-order valence-electron chi connectivity index (χ4n) is 4.95. The average molecular weight is 486 g/mol. The van der Waals surface area contributed by atoms with Crippen molar-refractivity contribution in [3.05, 3.63) is 94.5 Å². The maximum absolute atomic E-state index is 11.5. The largest absolute Gasteiger partial charge is 0.507 e. The standard InChI is InChI=1S/C34H47NO/c1-24(2)19-25(3)35(30-17-15-27(16-18-30)20-26-13-11-10-12-14-26)23-28-21-29(33(4,5)6)22-31(32(28)36)34(7,8)9/h10-18,21-22,24-25,36H,19-20,23H2,1-9H3. The molecule has 1 N–H and O–H groups in total. The fraction of sp³-hybridized carbons (Fsp3) is 0.471. The monoisotopic (exact) mass is 485 g/mol. The number of phenols is 1. The van der Waals surface area contributed by atoms with Gasteiger partial charge in [-0.05, 0) is 77.0 Å². The number of hydrogen-bond donors (Lipinski definition) is 1. The predicted molar refractivity (Wildman–Crippen MR) is 156 cm³/mol. The zero-order valence-corrected chi connectivity index (χ0v) is 24.0. The van der Waals surface area contributed by atoms with Gasteiger partial charge in [-0.15, -0.1) is 0 Å². The molecule has 0 bridgehead atoms. The lowest BCUT2D eigenvalue weighted by Crippen LogP contribution is -2.34. The van der Waals surface area contributed by atoms with Crippen LogP contribution in [-0.2, 0) is 23.8 Å². The van der Waals surface area contributed by atoms with Gasteiger partial charge >= 0.3 is 0 Å². The van der Waals surface area contributed by atoms with Crippen molar-refractivity contribution in [2.45, 2.75) is 98.6 Å². The summed E-state index contributed by atoms with van der Waals surface area (Å²) in [5.74, 6) is 1.04. The predicted octanol–water partition coefficient (Wildman–Crippen LogP) is 9.02. The second-order valence-electron chi connectivity index (χ2n) is 13.0. The molecule has 0 aliphatic carbocycles. The highest BCUT2D eigenvalue weighted by atomic mass is 16.3.